The fourth-order valence-corrected chi connectivity index (χ4v) is 0.727. The number of rotatable bonds is 3. The zero-order chi connectivity index (χ0) is 9.14. The molecule has 1 aromatic rings. The van der Waals surface area contributed by atoms with Gasteiger partial charge in [0.05, 0.1) is 19.5 Å². The number of nitrogens with two attached hydrogens (primary N) is 1. The topological polar surface area (TPSA) is 107 Å². The first-order valence-electron chi connectivity index (χ1n) is 3.31. The van der Waals surface area contributed by atoms with Gasteiger partial charge in [-0.05, 0) is 5.21 Å². The quantitative estimate of drug-likeness (QED) is 0.584. The van der Waals surface area contributed by atoms with Crippen LogP contribution in [0.25, 0.3) is 0 Å². The Labute approximate surface area is 68.2 Å². The van der Waals surface area contributed by atoms with Gasteiger partial charge in [0.25, 0.3) is 0 Å². The summed E-state index contributed by atoms with van der Waals surface area (Å²) in [6.45, 7) is 0. The molecule has 0 aromatic carbocycles. The third-order valence-corrected chi connectivity index (χ3v) is 1.25. The number of carboxylic acid groups (broad SMARTS) is 1. The number of carbonyl (C=O) groups is 1. The molecular weight excluding hydrogens is 162 g/mol. The lowest BCUT2D eigenvalue weighted by Crippen LogP contribution is -2.16. The predicted octanol–water partition coefficient (Wildman–Crippen LogP) is -1.32. The van der Waals surface area contributed by atoms with Gasteiger partial charge in [0.2, 0.25) is 0 Å². The number of nitrogens with zero attached hydrogens (tertiary/aromatic N) is 4. The Bertz CT molecular complexity index is 283. The average molecular weight is 171 g/mol. The van der Waals surface area contributed by atoms with Gasteiger partial charge in [0, 0.05) is 0 Å². The van der Waals surface area contributed by atoms with E-state index in [4.69, 9.17) is 10.8 Å². The number of aryl methyl sites for hydroxylation is 1. The lowest BCUT2D eigenvalue weighted by Gasteiger charge is -2.00. The Morgan fingerprint density at radius 2 is 2.50 bits per heavy atom. The molecule has 0 amide bonds. The van der Waals surface area contributed by atoms with Crippen molar-refractivity contribution in [3.8, 4) is 0 Å². The summed E-state index contributed by atoms with van der Waals surface area (Å²) in [7, 11) is 1.59. The number of tetrazole rings is 1. The molecule has 0 aliphatic rings. The fourth-order valence-electron chi connectivity index (χ4n) is 0.727. The maximum absolute atomic E-state index is 10.2. The third kappa shape index (κ3) is 1.99. The van der Waals surface area contributed by atoms with Crippen LogP contribution < -0.4 is 5.73 Å². The molecule has 3 N–H and O–H groups in total. The monoisotopic (exact) mass is 171 g/mol. The molecule has 1 heterocycles. The van der Waals surface area contributed by atoms with Crippen molar-refractivity contribution in [2.75, 3.05) is 0 Å². The van der Waals surface area contributed by atoms with Gasteiger partial charge in [-0.2, -0.15) is 4.80 Å². The largest absolute Gasteiger partial charge is 0.481 e. The average Bonchev–Trinajstić information content (AvgIpc) is 2.34. The maximum Gasteiger partial charge on any atom is 0.305 e. The molecule has 1 rings (SSSR count). The van der Waals surface area contributed by atoms with Crippen molar-refractivity contribution in [2.45, 2.75) is 12.5 Å². The van der Waals surface area contributed by atoms with Gasteiger partial charge in [-0.3, -0.25) is 4.79 Å². The van der Waals surface area contributed by atoms with Crippen molar-refractivity contribution in [3.63, 3.8) is 0 Å². The van der Waals surface area contributed by atoms with E-state index in [-0.39, 0.29) is 12.2 Å². The van der Waals surface area contributed by atoms with E-state index in [2.05, 4.69) is 15.4 Å². The normalized spacial score (nSPS) is 12.8. The molecule has 1 aromatic heterocycles. The summed E-state index contributed by atoms with van der Waals surface area (Å²) in [6, 6.07) is -0.684. The minimum Gasteiger partial charge on any atom is -0.481 e. The van der Waals surface area contributed by atoms with Crippen molar-refractivity contribution in [3.05, 3.63) is 5.82 Å². The van der Waals surface area contributed by atoms with Crippen LogP contribution in [0.15, 0.2) is 0 Å². The molecular formula is C5H9N5O2. The van der Waals surface area contributed by atoms with Crippen LogP contribution in [0, 0.1) is 0 Å². The van der Waals surface area contributed by atoms with Gasteiger partial charge >= 0.3 is 5.97 Å². The van der Waals surface area contributed by atoms with Crippen LogP contribution in [0.2, 0.25) is 0 Å². The van der Waals surface area contributed by atoms with E-state index in [1.165, 1.54) is 4.80 Å². The predicted molar refractivity (Wildman–Crippen MR) is 38.0 cm³/mol. The molecule has 0 fully saturated rings. The van der Waals surface area contributed by atoms with E-state index < -0.39 is 12.0 Å². The van der Waals surface area contributed by atoms with Crippen LogP contribution in [0.3, 0.4) is 0 Å². The second-order valence-corrected chi connectivity index (χ2v) is 2.34. The summed E-state index contributed by atoms with van der Waals surface area (Å²) >= 11 is 0. The molecule has 0 spiro atoms. The summed E-state index contributed by atoms with van der Waals surface area (Å²) < 4.78 is 0. The van der Waals surface area contributed by atoms with Crippen molar-refractivity contribution >= 4 is 5.97 Å². The number of carboxylic acids is 1. The van der Waals surface area contributed by atoms with Gasteiger partial charge in [0.15, 0.2) is 5.82 Å². The molecule has 0 aliphatic heterocycles. The first kappa shape index (κ1) is 8.60. The number of aromatic nitrogens is 4. The van der Waals surface area contributed by atoms with Crippen LogP contribution in [-0.4, -0.2) is 31.3 Å². The molecule has 12 heavy (non-hydrogen) atoms. The standard InChI is InChI=1S/C5H9N5O2/c1-10-8-5(7-9-10)3(6)2-4(11)12/h3H,2,6H2,1H3,(H,11,12)/t3-/m0/s1. The van der Waals surface area contributed by atoms with Crippen LogP contribution in [0.1, 0.15) is 18.3 Å². The Morgan fingerprint density at radius 1 is 1.83 bits per heavy atom. The molecule has 0 aliphatic carbocycles. The lowest BCUT2D eigenvalue weighted by atomic mass is 10.2. The molecule has 66 valence electrons. The molecule has 0 bridgehead atoms. The van der Waals surface area contributed by atoms with E-state index >= 15 is 0 Å². The van der Waals surface area contributed by atoms with Gasteiger partial charge < -0.3 is 10.8 Å². The molecule has 7 heteroatoms. The van der Waals surface area contributed by atoms with Crippen LogP contribution in [-0.2, 0) is 11.8 Å². The SMILES string of the molecule is Cn1nnc([C@@H](N)CC(=O)O)n1. The van der Waals surface area contributed by atoms with E-state index in [9.17, 15) is 4.79 Å². The maximum atomic E-state index is 10.2. The third-order valence-electron chi connectivity index (χ3n) is 1.25. The van der Waals surface area contributed by atoms with Crippen LogP contribution in [0.5, 0.6) is 0 Å². The smallest absolute Gasteiger partial charge is 0.305 e. The van der Waals surface area contributed by atoms with Gasteiger partial charge in [-0.25, -0.2) is 0 Å². The highest BCUT2D eigenvalue weighted by Crippen LogP contribution is 2.05. The van der Waals surface area contributed by atoms with Crippen molar-refractivity contribution in [1.82, 2.24) is 20.2 Å². The second-order valence-electron chi connectivity index (χ2n) is 2.34. The number of hydrogen-bond donors (Lipinski definition) is 2. The first-order valence-corrected chi connectivity index (χ1v) is 3.31. The molecule has 0 unspecified atom stereocenters. The van der Waals surface area contributed by atoms with E-state index in [1.54, 1.807) is 7.05 Å². The minimum atomic E-state index is -0.977. The molecule has 0 saturated heterocycles. The second kappa shape index (κ2) is 3.26. The summed E-state index contributed by atoms with van der Waals surface area (Å²) in [5.41, 5.74) is 5.45. The minimum absolute atomic E-state index is 0.189. The van der Waals surface area contributed by atoms with Crippen molar-refractivity contribution in [1.29, 1.82) is 0 Å². The highest BCUT2D eigenvalue weighted by Gasteiger charge is 2.14. The van der Waals surface area contributed by atoms with Crippen molar-refractivity contribution in [2.24, 2.45) is 12.8 Å². The fraction of sp³-hybridized carbons (Fsp3) is 0.600. The number of hydrogen-bond acceptors (Lipinski definition) is 5. The lowest BCUT2D eigenvalue weighted by molar-refractivity contribution is -0.137. The first-order chi connectivity index (χ1) is 5.59. The van der Waals surface area contributed by atoms with E-state index in [0.29, 0.717) is 0 Å². The van der Waals surface area contributed by atoms with Gasteiger partial charge in [-0.15, -0.1) is 10.2 Å². The Balaban J connectivity index is 2.64. The summed E-state index contributed by atoms with van der Waals surface area (Å²) in [5.74, 6) is -0.727. The summed E-state index contributed by atoms with van der Waals surface area (Å²) in [6.07, 6.45) is -0.189. The number of aliphatic carboxylic acids is 1. The van der Waals surface area contributed by atoms with E-state index in [1.807, 2.05) is 0 Å². The molecule has 0 radical (unpaired) electrons. The van der Waals surface area contributed by atoms with Crippen LogP contribution >= 0.6 is 0 Å². The molecule has 0 saturated carbocycles. The summed E-state index contributed by atoms with van der Waals surface area (Å²) in [4.78, 5) is 11.5. The molecule has 1 atom stereocenters. The highest BCUT2D eigenvalue weighted by atomic mass is 16.4. The highest BCUT2D eigenvalue weighted by molar-refractivity contribution is 5.67. The molecule has 7 nitrogen and oxygen atoms in total. The zero-order valence-corrected chi connectivity index (χ0v) is 6.51. The Kier molecular flexibility index (Phi) is 2.34. The zero-order valence-electron chi connectivity index (χ0n) is 6.51. The van der Waals surface area contributed by atoms with Gasteiger partial charge in [-0.1, -0.05) is 0 Å². The van der Waals surface area contributed by atoms with Gasteiger partial charge in [0.1, 0.15) is 0 Å². The summed E-state index contributed by atoms with van der Waals surface area (Å²) in [5, 5.41) is 19.3. The van der Waals surface area contributed by atoms with E-state index in [0.717, 1.165) is 0 Å². The Morgan fingerprint density at radius 3 is 2.92 bits per heavy atom. The van der Waals surface area contributed by atoms with Crippen molar-refractivity contribution < 1.29 is 9.90 Å². The van der Waals surface area contributed by atoms with Crippen LogP contribution in [0.4, 0.5) is 0 Å². The Hall–Kier alpha value is -1.50.